The van der Waals surface area contributed by atoms with Gasteiger partial charge in [-0.3, -0.25) is 0 Å². The maximum Gasteiger partial charge on any atom is 0.321 e. The van der Waals surface area contributed by atoms with E-state index < -0.39 is 0 Å². The minimum atomic E-state index is -0.117. The van der Waals surface area contributed by atoms with E-state index >= 15 is 0 Å². The number of rotatable bonds is 7. The lowest BCUT2D eigenvalue weighted by Crippen LogP contribution is -2.33. The second kappa shape index (κ2) is 8.73. The Bertz CT molecular complexity index is 659. The van der Waals surface area contributed by atoms with Gasteiger partial charge >= 0.3 is 6.03 Å². The van der Waals surface area contributed by atoms with Gasteiger partial charge in [-0.05, 0) is 37.1 Å². The maximum atomic E-state index is 12.3. The molecule has 1 aromatic heterocycles. The topological polar surface area (TPSA) is 63.1 Å². The van der Waals surface area contributed by atoms with Gasteiger partial charge in [-0.1, -0.05) is 13.8 Å². The van der Waals surface area contributed by atoms with Crippen LogP contribution in [0.25, 0.3) is 0 Å². The van der Waals surface area contributed by atoms with Crippen LogP contribution in [0.4, 0.5) is 10.5 Å². The number of benzene rings is 1. The summed E-state index contributed by atoms with van der Waals surface area (Å²) in [7, 11) is 1.78. The second-order valence-corrected chi connectivity index (χ2v) is 7.38. The number of nitrogens with one attached hydrogen (secondary N) is 1. The number of aromatic nitrogens is 3. The molecule has 0 saturated carbocycles. The SMILES string of the molecule is CC[C@@H](C)Sc1ccc(NC(=O)N(C)CCn2cnnc2)c(C)c1. The highest BCUT2D eigenvalue weighted by Gasteiger charge is 2.11. The molecule has 2 rings (SSSR count). The first kappa shape index (κ1) is 18.3. The van der Waals surface area contributed by atoms with Crippen molar-refractivity contribution in [3.63, 3.8) is 0 Å². The summed E-state index contributed by atoms with van der Waals surface area (Å²) < 4.78 is 1.84. The number of aryl methyl sites for hydroxylation is 1. The van der Waals surface area contributed by atoms with Crippen molar-refractivity contribution >= 4 is 23.5 Å². The average molecular weight is 347 g/mol. The molecule has 24 heavy (non-hydrogen) atoms. The fourth-order valence-electron chi connectivity index (χ4n) is 2.08. The highest BCUT2D eigenvalue weighted by atomic mass is 32.2. The third kappa shape index (κ3) is 5.26. The summed E-state index contributed by atoms with van der Waals surface area (Å²) in [6.07, 6.45) is 4.42. The zero-order valence-corrected chi connectivity index (χ0v) is 15.5. The molecule has 0 spiro atoms. The van der Waals surface area contributed by atoms with Gasteiger partial charge in [-0.2, -0.15) is 0 Å². The number of thioether (sulfide) groups is 1. The average Bonchev–Trinajstić information content (AvgIpc) is 3.08. The Morgan fingerprint density at radius 3 is 2.71 bits per heavy atom. The first-order chi connectivity index (χ1) is 11.5. The Morgan fingerprint density at radius 1 is 1.38 bits per heavy atom. The number of urea groups is 1. The fraction of sp³-hybridized carbons (Fsp3) is 0.471. The van der Waals surface area contributed by atoms with Crippen molar-refractivity contribution in [2.75, 3.05) is 18.9 Å². The van der Waals surface area contributed by atoms with E-state index in [0.717, 1.165) is 17.7 Å². The van der Waals surface area contributed by atoms with Gasteiger partial charge < -0.3 is 14.8 Å². The monoisotopic (exact) mass is 347 g/mol. The van der Waals surface area contributed by atoms with Crippen molar-refractivity contribution in [2.24, 2.45) is 0 Å². The van der Waals surface area contributed by atoms with Gasteiger partial charge in [0.25, 0.3) is 0 Å². The molecule has 0 aliphatic heterocycles. The molecule has 1 heterocycles. The fourth-order valence-corrected chi connectivity index (χ4v) is 3.10. The van der Waals surface area contributed by atoms with Gasteiger partial charge in [-0.25, -0.2) is 4.79 Å². The van der Waals surface area contributed by atoms with Crippen LogP contribution in [0.3, 0.4) is 0 Å². The smallest absolute Gasteiger partial charge is 0.321 e. The number of anilines is 1. The largest absolute Gasteiger partial charge is 0.326 e. The molecule has 0 unspecified atom stereocenters. The number of carbonyl (C=O) groups is 1. The van der Waals surface area contributed by atoms with Crippen LogP contribution in [0, 0.1) is 6.92 Å². The summed E-state index contributed by atoms with van der Waals surface area (Å²) in [4.78, 5) is 15.2. The lowest BCUT2D eigenvalue weighted by molar-refractivity contribution is 0.220. The van der Waals surface area contributed by atoms with E-state index in [1.165, 1.54) is 4.90 Å². The first-order valence-corrected chi connectivity index (χ1v) is 8.99. The summed E-state index contributed by atoms with van der Waals surface area (Å²) in [5.41, 5.74) is 1.92. The molecule has 7 heteroatoms. The van der Waals surface area contributed by atoms with E-state index in [4.69, 9.17) is 0 Å². The number of likely N-dealkylation sites (N-methyl/N-ethyl adjacent to an activating group) is 1. The van der Waals surface area contributed by atoms with Gasteiger partial charge in [0, 0.05) is 36.0 Å². The predicted molar refractivity (Wildman–Crippen MR) is 98.5 cm³/mol. The second-order valence-electron chi connectivity index (χ2n) is 5.86. The lowest BCUT2D eigenvalue weighted by Gasteiger charge is -2.19. The Kier molecular flexibility index (Phi) is 6.66. The number of hydrogen-bond donors (Lipinski definition) is 1. The van der Waals surface area contributed by atoms with Crippen molar-refractivity contribution in [3.05, 3.63) is 36.4 Å². The van der Waals surface area contributed by atoms with Gasteiger partial charge in [0.1, 0.15) is 12.7 Å². The zero-order valence-electron chi connectivity index (χ0n) is 14.7. The quantitative estimate of drug-likeness (QED) is 0.777. The zero-order chi connectivity index (χ0) is 17.5. The minimum absolute atomic E-state index is 0.117. The van der Waals surface area contributed by atoms with E-state index in [2.05, 4.69) is 41.5 Å². The van der Waals surface area contributed by atoms with Gasteiger partial charge in [-0.15, -0.1) is 22.0 Å². The van der Waals surface area contributed by atoms with E-state index in [9.17, 15) is 4.79 Å². The summed E-state index contributed by atoms with van der Waals surface area (Å²) in [6, 6.07) is 6.06. The van der Waals surface area contributed by atoms with Crippen molar-refractivity contribution in [2.45, 2.75) is 43.9 Å². The molecule has 1 aromatic carbocycles. The van der Waals surface area contributed by atoms with Crippen LogP contribution < -0.4 is 5.32 Å². The minimum Gasteiger partial charge on any atom is -0.326 e. The van der Waals surface area contributed by atoms with Gasteiger partial charge in [0.05, 0.1) is 0 Å². The standard InChI is InChI=1S/C17H25N5OS/c1-5-14(3)24-15-6-7-16(13(2)10-15)20-17(23)21(4)8-9-22-11-18-19-12-22/h6-7,10-12,14H,5,8-9H2,1-4H3,(H,20,23)/t14-/m1/s1. The molecule has 0 fully saturated rings. The van der Waals surface area contributed by atoms with Crippen LogP contribution in [-0.4, -0.2) is 44.5 Å². The van der Waals surface area contributed by atoms with Crippen molar-refractivity contribution < 1.29 is 4.79 Å². The predicted octanol–water partition coefficient (Wildman–Crippen LogP) is 3.64. The van der Waals surface area contributed by atoms with Crippen molar-refractivity contribution in [1.82, 2.24) is 19.7 Å². The Hall–Kier alpha value is -2.02. The van der Waals surface area contributed by atoms with Crippen molar-refractivity contribution in [3.8, 4) is 0 Å². The Morgan fingerprint density at radius 2 is 2.08 bits per heavy atom. The maximum absolute atomic E-state index is 12.3. The van der Waals surface area contributed by atoms with Crippen LogP contribution in [0.15, 0.2) is 35.7 Å². The molecule has 1 atom stereocenters. The third-order valence-electron chi connectivity index (χ3n) is 3.86. The van der Waals surface area contributed by atoms with E-state index in [0.29, 0.717) is 18.3 Å². The van der Waals surface area contributed by atoms with Crippen LogP contribution >= 0.6 is 11.8 Å². The number of carbonyl (C=O) groups excluding carboxylic acids is 1. The summed E-state index contributed by atoms with van der Waals surface area (Å²) >= 11 is 1.86. The number of hydrogen-bond acceptors (Lipinski definition) is 4. The normalized spacial score (nSPS) is 12.0. The molecule has 0 aliphatic rings. The molecule has 2 aromatic rings. The van der Waals surface area contributed by atoms with E-state index in [1.54, 1.807) is 24.6 Å². The molecule has 0 aliphatic carbocycles. The molecule has 6 nitrogen and oxygen atoms in total. The van der Waals surface area contributed by atoms with Crippen LogP contribution in [0.2, 0.25) is 0 Å². The molecular formula is C17H25N5OS. The van der Waals surface area contributed by atoms with Gasteiger partial charge in [0.2, 0.25) is 0 Å². The first-order valence-electron chi connectivity index (χ1n) is 8.11. The Balaban J connectivity index is 1.90. The third-order valence-corrected chi connectivity index (χ3v) is 5.12. The van der Waals surface area contributed by atoms with E-state index in [1.807, 2.05) is 29.3 Å². The molecular weight excluding hydrogens is 322 g/mol. The highest BCUT2D eigenvalue weighted by Crippen LogP contribution is 2.28. The molecule has 130 valence electrons. The lowest BCUT2D eigenvalue weighted by atomic mass is 10.2. The molecule has 2 amide bonds. The Labute approximate surface area is 147 Å². The summed E-state index contributed by atoms with van der Waals surface area (Å²) in [5, 5.41) is 11.1. The van der Waals surface area contributed by atoms with Crippen LogP contribution in [0.5, 0.6) is 0 Å². The van der Waals surface area contributed by atoms with Crippen LogP contribution in [0.1, 0.15) is 25.8 Å². The summed E-state index contributed by atoms with van der Waals surface area (Å²) in [6.45, 7) is 7.69. The molecule has 0 saturated heterocycles. The summed E-state index contributed by atoms with van der Waals surface area (Å²) in [5.74, 6) is 0. The number of nitrogens with zero attached hydrogens (tertiary/aromatic N) is 4. The van der Waals surface area contributed by atoms with Crippen LogP contribution in [-0.2, 0) is 6.54 Å². The number of amides is 2. The highest BCUT2D eigenvalue weighted by molar-refractivity contribution is 7.99. The van der Waals surface area contributed by atoms with Gasteiger partial charge in [0.15, 0.2) is 0 Å². The molecule has 0 radical (unpaired) electrons. The van der Waals surface area contributed by atoms with E-state index in [-0.39, 0.29) is 6.03 Å². The molecule has 1 N–H and O–H groups in total. The molecule has 0 bridgehead atoms. The van der Waals surface area contributed by atoms with Crippen molar-refractivity contribution in [1.29, 1.82) is 0 Å².